The van der Waals surface area contributed by atoms with E-state index < -0.39 is 0 Å². The van der Waals surface area contributed by atoms with Gasteiger partial charge < -0.3 is 17.0 Å². The predicted molar refractivity (Wildman–Crippen MR) is 107 cm³/mol. The second kappa shape index (κ2) is 7.46. The van der Waals surface area contributed by atoms with E-state index in [1.54, 1.807) is 52.8 Å². The van der Waals surface area contributed by atoms with Gasteiger partial charge in [-0.2, -0.15) is 0 Å². The second-order valence-electron chi connectivity index (χ2n) is 7.24. The van der Waals surface area contributed by atoms with Crippen molar-refractivity contribution < 1.29 is 35.9 Å². The number of halogens is 1. The van der Waals surface area contributed by atoms with Gasteiger partial charge in [0, 0.05) is 16.7 Å². The van der Waals surface area contributed by atoms with Crippen LogP contribution in [0.15, 0.2) is 73.1 Å². The number of Topliss-reactive ketones (excluding diaryl/α,β-unsaturated/α-hetero) is 1. The quantitative estimate of drug-likeness (QED) is 0.284. The number of hydrogen-bond acceptors (Lipinski definition) is 3. The van der Waals surface area contributed by atoms with Crippen molar-refractivity contribution in [3.63, 3.8) is 0 Å². The zero-order valence-corrected chi connectivity index (χ0v) is 17.7. The maximum absolute atomic E-state index is 13.1. The van der Waals surface area contributed by atoms with Crippen LogP contribution >= 0.6 is 0 Å². The smallest absolute Gasteiger partial charge is 0.245 e. The summed E-state index contributed by atoms with van der Waals surface area (Å²) >= 11 is 0. The van der Waals surface area contributed by atoms with Crippen LogP contribution in [0.25, 0.3) is 10.8 Å². The first-order chi connectivity index (χ1) is 14.0. The number of fused-ring (bicyclic) bond motifs is 3. The molecule has 0 fully saturated rings. The Balaban J connectivity index is 0.00000218. The zero-order valence-electron chi connectivity index (χ0n) is 16.1. The van der Waals surface area contributed by atoms with E-state index in [-0.39, 0.29) is 46.6 Å². The van der Waals surface area contributed by atoms with Gasteiger partial charge in [0.15, 0.2) is 6.54 Å². The molecule has 1 aromatic heterocycles. The fraction of sp³-hybridized carbons (Fsp3) is 0.0833. The highest BCUT2D eigenvalue weighted by Gasteiger charge is 2.40. The molecule has 6 heteroatoms. The molecule has 30 heavy (non-hydrogen) atoms. The van der Waals surface area contributed by atoms with E-state index in [4.69, 9.17) is 0 Å². The molecular formula is C24H17BrN2O3. The summed E-state index contributed by atoms with van der Waals surface area (Å²) in [6.45, 7) is -0.0112. The van der Waals surface area contributed by atoms with Crippen LogP contribution < -0.4 is 21.5 Å². The minimum absolute atomic E-state index is 0. The summed E-state index contributed by atoms with van der Waals surface area (Å²) in [4.78, 5) is 39.0. The first-order valence-corrected chi connectivity index (χ1v) is 9.34. The molecule has 0 spiro atoms. The lowest BCUT2D eigenvalue weighted by molar-refractivity contribution is -0.672. The number of aryl methyl sites for hydroxylation is 1. The Morgan fingerprint density at radius 2 is 1.50 bits per heavy atom. The minimum atomic E-state index is -0.234. The van der Waals surface area contributed by atoms with Gasteiger partial charge in [0.05, 0.1) is 7.05 Å². The van der Waals surface area contributed by atoms with Crippen LogP contribution in [0.2, 0.25) is 0 Å². The Hall–Kier alpha value is -3.38. The molecule has 0 atom stereocenters. The SMILES string of the molecule is C[n+]1cn(CC(=O)c2ccc3ccccc3c2)c2c1C(=O)c1ccccc1C2=O.[Br-]. The van der Waals surface area contributed by atoms with Crippen LogP contribution in [0.5, 0.6) is 0 Å². The number of imidazole rings is 1. The van der Waals surface area contributed by atoms with Crippen molar-refractivity contribution in [3.8, 4) is 0 Å². The van der Waals surface area contributed by atoms with Crippen LogP contribution in [0.1, 0.15) is 42.5 Å². The Bertz CT molecular complexity index is 1350. The molecule has 0 N–H and O–H groups in total. The van der Waals surface area contributed by atoms with E-state index >= 15 is 0 Å². The van der Waals surface area contributed by atoms with Crippen LogP contribution in [0.3, 0.4) is 0 Å². The number of aromatic nitrogens is 2. The average molecular weight is 461 g/mol. The summed E-state index contributed by atoms with van der Waals surface area (Å²) in [5, 5.41) is 2.05. The molecule has 0 amide bonds. The summed E-state index contributed by atoms with van der Waals surface area (Å²) in [7, 11) is 1.72. The number of hydrogen-bond donors (Lipinski definition) is 0. The Labute approximate surface area is 183 Å². The number of ketones is 3. The summed E-state index contributed by atoms with van der Waals surface area (Å²) < 4.78 is 3.21. The molecule has 0 unspecified atom stereocenters. The lowest BCUT2D eigenvalue weighted by Gasteiger charge is -2.12. The molecule has 1 heterocycles. The van der Waals surface area contributed by atoms with Crippen molar-refractivity contribution in [1.29, 1.82) is 0 Å². The molecule has 5 nitrogen and oxygen atoms in total. The van der Waals surface area contributed by atoms with Gasteiger partial charge in [-0.05, 0) is 16.8 Å². The minimum Gasteiger partial charge on any atom is -1.00 e. The lowest BCUT2D eigenvalue weighted by atomic mass is 9.90. The maximum Gasteiger partial charge on any atom is 0.245 e. The van der Waals surface area contributed by atoms with Gasteiger partial charge in [0.2, 0.25) is 35.1 Å². The standard InChI is InChI=1S/C24H17N2O3.BrH/c1-25-14-26(13-20(27)17-11-10-15-6-2-3-7-16(15)12-17)22-21(25)23(28)18-8-4-5-9-19(18)24(22)29;/h2-12,14H,13H2,1H3;1H/q+1;/p-1. The van der Waals surface area contributed by atoms with Crippen molar-refractivity contribution in [1.82, 2.24) is 4.57 Å². The zero-order chi connectivity index (χ0) is 20.1. The molecule has 1 aliphatic rings. The van der Waals surface area contributed by atoms with Crippen LogP contribution in [0, 0.1) is 0 Å². The third-order valence-corrected chi connectivity index (χ3v) is 5.41. The summed E-state index contributed by atoms with van der Waals surface area (Å²) in [6, 6.07) is 20.2. The number of carbonyl (C=O) groups excluding carboxylic acids is 3. The molecule has 5 rings (SSSR count). The van der Waals surface area contributed by atoms with E-state index in [9.17, 15) is 14.4 Å². The summed E-state index contributed by atoms with van der Waals surface area (Å²) in [6.07, 6.45) is 1.64. The number of rotatable bonds is 3. The van der Waals surface area contributed by atoms with Gasteiger partial charge in [-0.1, -0.05) is 60.7 Å². The van der Waals surface area contributed by atoms with Crippen LogP contribution in [-0.2, 0) is 13.6 Å². The van der Waals surface area contributed by atoms with Crippen LogP contribution in [-0.4, -0.2) is 21.9 Å². The van der Waals surface area contributed by atoms with Crippen molar-refractivity contribution in [3.05, 3.63) is 101 Å². The highest BCUT2D eigenvalue weighted by Crippen LogP contribution is 2.26. The third kappa shape index (κ3) is 3.00. The van der Waals surface area contributed by atoms with E-state index in [1.807, 2.05) is 36.4 Å². The molecular weight excluding hydrogens is 444 g/mol. The molecule has 0 bridgehead atoms. The highest BCUT2D eigenvalue weighted by atomic mass is 79.9. The Kier molecular flexibility index (Phi) is 4.95. The van der Waals surface area contributed by atoms with E-state index in [0.29, 0.717) is 22.4 Å². The van der Waals surface area contributed by atoms with Crippen molar-refractivity contribution in [2.75, 3.05) is 0 Å². The average Bonchev–Trinajstić information content (AvgIpc) is 3.07. The Morgan fingerprint density at radius 3 is 2.23 bits per heavy atom. The first kappa shape index (κ1) is 19.9. The van der Waals surface area contributed by atoms with Gasteiger partial charge >= 0.3 is 0 Å². The molecule has 0 aliphatic heterocycles. The lowest BCUT2D eigenvalue weighted by Crippen LogP contribution is -3.00. The van der Waals surface area contributed by atoms with E-state index in [2.05, 4.69) is 0 Å². The van der Waals surface area contributed by atoms with Crippen molar-refractivity contribution >= 4 is 28.1 Å². The molecule has 4 aromatic rings. The van der Waals surface area contributed by atoms with Crippen molar-refractivity contribution in [2.24, 2.45) is 7.05 Å². The summed E-state index contributed by atoms with van der Waals surface area (Å²) in [5.74, 6) is -0.551. The first-order valence-electron chi connectivity index (χ1n) is 9.34. The fourth-order valence-electron chi connectivity index (χ4n) is 4.00. The molecule has 3 aromatic carbocycles. The van der Waals surface area contributed by atoms with Gasteiger partial charge in [0.25, 0.3) is 0 Å². The van der Waals surface area contributed by atoms with Crippen LogP contribution in [0.4, 0.5) is 0 Å². The number of carbonyl (C=O) groups is 3. The number of nitrogens with zero attached hydrogens (tertiary/aromatic N) is 2. The van der Waals surface area contributed by atoms with Crippen molar-refractivity contribution in [2.45, 2.75) is 6.54 Å². The van der Waals surface area contributed by atoms with E-state index in [1.165, 1.54) is 0 Å². The monoisotopic (exact) mass is 460 g/mol. The summed E-state index contributed by atoms with van der Waals surface area (Å²) in [5.41, 5.74) is 1.94. The molecule has 148 valence electrons. The topological polar surface area (TPSA) is 60.0 Å². The molecule has 0 saturated carbocycles. The molecule has 1 aliphatic carbocycles. The van der Waals surface area contributed by atoms with Gasteiger partial charge in [-0.3, -0.25) is 14.4 Å². The fourth-order valence-corrected chi connectivity index (χ4v) is 4.00. The molecule has 0 radical (unpaired) electrons. The number of benzene rings is 3. The third-order valence-electron chi connectivity index (χ3n) is 5.41. The van der Waals surface area contributed by atoms with Gasteiger partial charge in [0.1, 0.15) is 0 Å². The normalized spacial score (nSPS) is 12.3. The molecule has 0 saturated heterocycles. The maximum atomic E-state index is 13.1. The van der Waals surface area contributed by atoms with Gasteiger partial charge in [-0.25, -0.2) is 9.13 Å². The second-order valence-corrected chi connectivity index (χ2v) is 7.24. The Morgan fingerprint density at radius 1 is 0.867 bits per heavy atom. The highest BCUT2D eigenvalue weighted by molar-refractivity contribution is 6.26. The largest absolute Gasteiger partial charge is 1.00 e. The van der Waals surface area contributed by atoms with Gasteiger partial charge in [-0.15, -0.1) is 0 Å². The predicted octanol–water partition coefficient (Wildman–Crippen LogP) is 0.128. The van der Waals surface area contributed by atoms with E-state index in [0.717, 1.165) is 10.8 Å².